The van der Waals surface area contributed by atoms with Crippen molar-refractivity contribution in [3.05, 3.63) is 65.8 Å². The summed E-state index contributed by atoms with van der Waals surface area (Å²) in [6.07, 6.45) is 1.47. The molecule has 0 radical (unpaired) electrons. The molecule has 0 unspecified atom stereocenters. The number of nitrogens with one attached hydrogen (secondary N) is 1. The maximum absolute atomic E-state index is 13.7. The molecule has 1 saturated heterocycles. The molecule has 3 aromatic rings. The number of likely N-dealkylation sites (tertiary alicyclic amines) is 1. The van der Waals surface area contributed by atoms with Gasteiger partial charge in [-0.15, -0.1) is 0 Å². The first-order valence-electron chi connectivity index (χ1n) is 9.76. The zero-order chi connectivity index (χ0) is 20.2. The number of aromatic nitrogens is 2. The number of carbonyl (C=O) groups is 1. The number of hydrogen-bond donors (Lipinski definition) is 1. The minimum absolute atomic E-state index is 0.0583. The van der Waals surface area contributed by atoms with Crippen molar-refractivity contribution in [2.24, 2.45) is 5.92 Å². The molecule has 1 amide bonds. The van der Waals surface area contributed by atoms with Gasteiger partial charge < -0.3 is 9.84 Å². The number of halogens is 1. The number of aryl methyl sites for hydroxylation is 1. The Balaban J connectivity index is 1.29. The van der Waals surface area contributed by atoms with Gasteiger partial charge in [0.05, 0.1) is 6.54 Å². The lowest BCUT2D eigenvalue weighted by atomic mass is 9.96. The number of nitrogens with zero attached hydrogens (tertiary/aromatic N) is 3. The van der Waals surface area contributed by atoms with E-state index in [0.29, 0.717) is 29.5 Å². The Kier molecular flexibility index (Phi) is 5.67. The first-order valence-corrected chi connectivity index (χ1v) is 9.76. The minimum atomic E-state index is -0.313. The van der Waals surface area contributed by atoms with Crippen molar-refractivity contribution >= 4 is 11.6 Å². The van der Waals surface area contributed by atoms with Gasteiger partial charge in [-0.05, 0) is 50.6 Å². The van der Waals surface area contributed by atoms with E-state index in [0.717, 1.165) is 31.5 Å². The van der Waals surface area contributed by atoms with E-state index in [1.54, 1.807) is 19.1 Å². The molecule has 1 aliphatic rings. The summed E-state index contributed by atoms with van der Waals surface area (Å²) < 4.78 is 19.0. The molecule has 29 heavy (non-hydrogen) atoms. The summed E-state index contributed by atoms with van der Waals surface area (Å²) in [6.45, 7) is 3.80. The van der Waals surface area contributed by atoms with Crippen LogP contribution in [-0.2, 0) is 11.3 Å². The van der Waals surface area contributed by atoms with Crippen LogP contribution >= 0.6 is 0 Å². The summed E-state index contributed by atoms with van der Waals surface area (Å²) in [5.74, 6) is 0.698. The lowest BCUT2D eigenvalue weighted by molar-refractivity contribution is -0.121. The number of benzene rings is 2. The van der Waals surface area contributed by atoms with E-state index < -0.39 is 0 Å². The molecular weight excluding hydrogens is 371 g/mol. The Morgan fingerprint density at radius 2 is 1.97 bits per heavy atom. The molecule has 2 aromatic carbocycles. The number of hydrogen-bond acceptors (Lipinski definition) is 5. The number of amides is 1. The van der Waals surface area contributed by atoms with Gasteiger partial charge in [-0.2, -0.15) is 4.98 Å². The summed E-state index contributed by atoms with van der Waals surface area (Å²) in [5.41, 5.74) is 1.98. The second-order valence-electron chi connectivity index (χ2n) is 7.38. The van der Waals surface area contributed by atoms with Gasteiger partial charge >= 0.3 is 0 Å². The lowest BCUT2D eigenvalue weighted by Crippen LogP contribution is -2.37. The van der Waals surface area contributed by atoms with Gasteiger partial charge in [0.1, 0.15) is 5.82 Å². The molecule has 6 nitrogen and oxygen atoms in total. The maximum atomic E-state index is 13.7. The quantitative estimate of drug-likeness (QED) is 0.707. The van der Waals surface area contributed by atoms with Gasteiger partial charge in [0.15, 0.2) is 0 Å². The average molecular weight is 394 g/mol. The fraction of sp³-hybridized carbons (Fsp3) is 0.318. The van der Waals surface area contributed by atoms with Gasteiger partial charge in [0.2, 0.25) is 17.6 Å². The molecule has 1 N–H and O–H groups in total. The van der Waals surface area contributed by atoms with E-state index in [2.05, 4.69) is 20.4 Å². The Bertz CT molecular complexity index is 981. The summed E-state index contributed by atoms with van der Waals surface area (Å²) in [4.78, 5) is 19.2. The number of rotatable bonds is 5. The van der Waals surface area contributed by atoms with Crippen molar-refractivity contribution in [1.29, 1.82) is 0 Å². The molecule has 0 spiro atoms. The molecule has 0 aliphatic carbocycles. The van der Waals surface area contributed by atoms with Crippen molar-refractivity contribution in [3.63, 3.8) is 0 Å². The monoisotopic (exact) mass is 394 g/mol. The normalized spacial score (nSPS) is 15.4. The number of anilines is 1. The van der Waals surface area contributed by atoms with Crippen LogP contribution in [0.3, 0.4) is 0 Å². The van der Waals surface area contributed by atoms with Crippen LogP contribution in [0.4, 0.5) is 10.1 Å². The molecule has 150 valence electrons. The highest BCUT2D eigenvalue weighted by molar-refractivity contribution is 5.92. The molecule has 1 fully saturated rings. The molecule has 2 heterocycles. The van der Waals surface area contributed by atoms with Gasteiger partial charge in [0, 0.05) is 17.2 Å². The summed E-state index contributed by atoms with van der Waals surface area (Å²) in [7, 11) is 0. The molecule has 0 bridgehead atoms. The summed E-state index contributed by atoms with van der Waals surface area (Å²) >= 11 is 0. The van der Waals surface area contributed by atoms with Crippen molar-refractivity contribution in [3.8, 4) is 11.4 Å². The fourth-order valence-electron chi connectivity index (χ4n) is 3.48. The van der Waals surface area contributed by atoms with Crippen molar-refractivity contribution in [1.82, 2.24) is 15.0 Å². The Labute approximate surface area is 168 Å². The highest BCUT2D eigenvalue weighted by atomic mass is 19.1. The van der Waals surface area contributed by atoms with Crippen molar-refractivity contribution < 1.29 is 13.7 Å². The van der Waals surface area contributed by atoms with Crippen LogP contribution in [-0.4, -0.2) is 34.0 Å². The standard InChI is InChI=1S/C22H23FN4O2/c1-15-7-8-18(13-19(15)23)24-22(28)17-9-11-27(12-10-17)14-20-25-21(26-29-20)16-5-3-2-4-6-16/h2-8,13,17H,9-12,14H2,1H3,(H,24,28). The first-order chi connectivity index (χ1) is 14.1. The van der Waals surface area contributed by atoms with Gasteiger partial charge in [-0.25, -0.2) is 4.39 Å². The average Bonchev–Trinajstić information content (AvgIpc) is 3.20. The summed E-state index contributed by atoms with van der Waals surface area (Å²) in [5, 5.41) is 6.88. The molecule has 0 saturated carbocycles. The van der Waals surface area contributed by atoms with Crippen LogP contribution in [0.5, 0.6) is 0 Å². The number of carbonyl (C=O) groups excluding carboxylic acids is 1. The molecule has 4 rings (SSSR count). The van der Waals surface area contributed by atoms with Crippen molar-refractivity contribution in [2.45, 2.75) is 26.3 Å². The first kappa shape index (κ1) is 19.3. The SMILES string of the molecule is Cc1ccc(NC(=O)C2CCN(Cc3nc(-c4ccccc4)no3)CC2)cc1F. The van der Waals surface area contributed by atoms with Crippen LogP contribution in [0.2, 0.25) is 0 Å². The molecular formula is C22H23FN4O2. The van der Waals surface area contributed by atoms with E-state index in [9.17, 15) is 9.18 Å². The van der Waals surface area contributed by atoms with E-state index in [1.807, 2.05) is 30.3 Å². The zero-order valence-electron chi connectivity index (χ0n) is 16.3. The van der Waals surface area contributed by atoms with E-state index in [1.165, 1.54) is 6.07 Å². The predicted octanol–water partition coefficient (Wildman–Crippen LogP) is 4.03. The van der Waals surface area contributed by atoms with E-state index >= 15 is 0 Å². The Morgan fingerprint density at radius 3 is 2.69 bits per heavy atom. The number of piperidine rings is 1. The van der Waals surface area contributed by atoms with Crippen LogP contribution in [0.1, 0.15) is 24.3 Å². The fourth-order valence-corrected chi connectivity index (χ4v) is 3.48. The Hall–Kier alpha value is -3.06. The minimum Gasteiger partial charge on any atom is -0.338 e. The zero-order valence-corrected chi connectivity index (χ0v) is 16.3. The third kappa shape index (κ3) is 4.68. The highest BCUT2D eigenvalue weighted by Gasteiger charge is 2.26. The third-order valence-corrected chi connectivity index (χ3v) is 5.26. The molecule has 1 aromatic heterocycles. The second kappa shape index (κ2) is 8.53. The Morgan fingerprint density at radius 1 is 1.21 bits per heavy atom. The van der Waals surface area contributed by atoms with Gasteiger partial charge in [-0.1, -0.05) is 41.6 Å². The lowest BCUT2D eigenvalue weighted by Gasteiger charge is -2.30. The molecule has 1 aliphatic heterocycles. The van der Waals surface area contributed by atoms with E-state index in [-0.39, 0.29) is 17.6 Å². The smallest absolute Gasteiger partial charge is 0.241 e. The van der Waals surface area contributed by atoms with Crippen LogP contribution in [0.15, 0.2) is 53.1 Å². The highest BCUT2D eigenvalue weighted by Crippen LogP contribution is 2.22. The van der Waals surface area contributed by atoms with Gasteiger partial charge in [-0.3, -0.25) is 9.69 Å². The topological polar surface area (TPSA) is 71.3 Å². The third-order valence-electron chi connectivity index (χ3n) is 5.26. The van der Waals surface area contributed by atoms with Gasteiger partial charge in [0.25, 0.3) is 0 Å². The van der Waals surface area contributed by atoms with Crippen LogP contribution in [0, 0.1) is 18.7 Å². The van der Waals surface area contributed by atoms with E-state index in [4.69, 9.17) is 4.52 Å². The summed E-state index contributed by atoms with van der Waals surface area (Å²) in [6, 6.07) is 14.5. The van der Waals surface area contributed by atoms with Crippen LogP contribution < -0.4 is 5.32 Å². The van der Waals surface area contributed by atoms with Crippen molar-refractivity contribution in [2.75, 3.05) is 18.4 Å². The molecule has 0 atom stereocenters. The van der Waals surface area contributed by atoms with Crippen LogP contribution in [0.25, 0.3) is 11.4 Å². The predicted molar refractivity (Wildman–Crippen MR) is 108 cm³/mol. The second-order valence-corrected chi connectivity index (χ2v) is 7.38. The maximum Gasteiger partial charge on any atom is 0.241 e. The molecule has 7 heteroatoms. The largest absolute Gasteiger partial charge is 0.338 e.